The van der Waals surface area contributed by atoms with Crippen molar-refractivity contribution in [2.24, 2.45) is 5.92 Å². The molecular formula is C23H18N4O4. The van der Waals surface area contributed by atoms with Gasteiger partial charge in [-0.05, 0) is 36.2 Å². The van der Waals surface area contributed by atoms with Crippen molar-refractivity contribution in [3.63, 3.8) is 0 Å². The Balaban J connectivity index is 1.69. The molecule has 8 heteroatoms. The van der Waals surface area contributed by atoms with Crippen LogP contribution in [0, 0.1) is 29.6 Å². The Morgan fingerprint density at radius 1 is 1.23 bits per heavy atom. The van der Waals surface area contributed by atoms with Gasteiger partial charge in [0.2, 0.25) is 12.7 Å². The molecule has 0 spiro atoms. The first kappa shape index (κ1) is 18.9. The van der Waals surface area contributed by atoms with E-state index in [-0.39, 0.29) is 18.2 Å². The standard InChI is InChI=1S/C23H18N4O4/c1-13-7-19-21(23(28)27(13)11-14-3-2-6-26-10-14)20(16(9-24)22(25)31-19)15-4-5-17-18(8-15)30-12-29-17/h2-8,10,16,20,25H,11-12H2,1H3. The second-order valence-corrected chi connectivity index (χ2v) is 7.48. The number of benzene rings is 1. The van der Waals surface area contributed by atoms with Gasteiger partial charge in [-0.3, -0.25) is 15.2 Å². The molecule has 2 aliphatic rings. The monoisotopic (exact) mass is 414 g/mol. The van der Waals surface area contributed by atoms with E-state index in [9.17, 15) is 10.1 Å². The number of nitrogens with zero attached hydrogens (tertiary/aromatic N) is 3. The van der Waals surface area contributed by atoms with Crippen LogP contribution in [0.25, 0.3) is 0 Å². The Labute approximate surface area is 177 Å². The molecular weight excluding hydrogens is 396 g/mol. The Morgan fingerprint density at radius 3 is 2.84 bits per heavy atom. The van der Waals surface area contributed by atoms with Crippen molar-refractivity contribution < 1.29 is 14.2 Å². The topological polar surface area (TPSA) is 110 Å². The maximum Gasteiger partial charge on any atom is 0.258 e. The minimum Gasteiger partial charge on any atom is -0.454 e. The second-order valence-electron chi connectivity index (χ2n) is 7.48. The number of rotatable bonds is 3. The van der Waals surface area contributed by atoms with Crippen molar-refractivity contribution in [2.45, 2.75) is 19.4 Å². The van der Waals surface area contributed by atoms with E-state index in [0.717, 1.165) is 5.56 Å². The summed E-state index contributed by atoms with van der Waals surface area (Å²) >= 11 is 0. The number of fused-ring (bicyclic) bond motifs is 2. The van der Waals surface area contributed by atoms with E-state index >= 15 is 0 Å². The maximum atomic E-state index is 13.7. The van der Waals surface area contributed by atoms with E-state index in [1.165, 1.54) is 0 Å². The third-order valence-corrected chi connectivity index (χ3v) is 5.61. The summed E-state index contributed by atoms with van der Waals surface area (Å²) in [6.07, 6.45) is 3.39. The number of ether oxygens (including phenoxy) is 3. The number of aryl methyl sites for hydroxylation is 1. The van der Waals surface area contributed by atoms with Crippen molar-refractivity contribution >= 4 is 5.90 Å². The highest BCUT2D eigenvalue weighted by atomic mass is 16.7. The third-order valence-electron chi connectivity index (χ3n) is 5.61. The molecule has 2 unspecified atom stereocenters. The molecule has 1 N–H and O–H groups in total. The molecule has 0 fully saturated rings. The summed E-state index contributed by atoms with van der Waals surface area (Å²) < 4.78 is 18.1. The van der Waals surface area contributed by atoms with Crippen LogP contribution in [-0.4, -0.2) is 22.2 Å². The minimum absolute atomic E-state index is 0.123. The zero-order valence-electron chi connectivity index (χ0n) is 16.7. The Morgan fingerprint density at radius 2 is 2.06 bits per heavy atom. The van der Waals surface area contributed by atoms with Crippen molar-refractivity contribution in [1.29, 1.82) is 10.7 Å². The average molecular weight is 414 g/mol. The number of hydrogen-bond acceptors (Lipinski definition) is 7. The normalized spacial score (nSPS) is 18.8. The highest BCUT2D eigenvalue weighted by Crippen LogP contribution is 2.43. The van der Waals surface area contributed by atoms with E-state index in [2.05, 4.69) is 11.1 Å². The molecule has 4 heterocycles. The first-order valence-electron chi connectivity index (χ1n) is 9.75. The smallest absolute Gasteiger partial charge is 0.258 e. The number of nitriles is 1. The highest BCUT2D eigenvalue weighted by molar-refractivity contribution is 5.85. The van der Waals surface area contributed by atoms with Gasteiger partial charge in [0.1, 0.15) is 11.7 Å². The van der Waals surface area contributed by atoms with Crippen molar-refractivity contribution in [3.8, 4) is 23.3 Å². The highest BCUT2D eigenvalue weighted by Gasteiger charge is 2.40. The van der Waals surface area contributed by atoms with Gasteiger partial charge in [0, 0.05) is 30.1 Å². The van der Waals surface area contributed by atoms with Crippen LogP contribution in [0.3, 0.4) is 0 Å². The molecule has 5 rings (SSSR count). The van der Waals surface area contributed by atoms with Gasteiger partial charge in [-0.2, -0.15) is 5.26 Å². The first-order valence-corrected chi connectivity index (χ1v) is 9.75. The molecule has 2 atom stereocenters. The summed E-state index contributed by atoms with van der Waals surface area (Å²) in [4.78, 5) is 17.8. The Bertz CT molecular complexity index is 1290. The van der Waals surface area contributed by atoms with Crippen LogP contribution in [0.4, 0.5) is 0 Å². The fraction of sp³-hybridized carbons (Fsp3) is 0.217. The molecule has 8 nitrogen and oxygen atoms in total. The third kappa shape index (κ3) is 3.11. The lowest BCUT2D eigenvalue weighted by atomic mass is 9.79. The van der Waals surface area contributed by atoms with Crippen molar-refractivity contribution in [2.75, 3.05) is 6.79 Å². The molecule has 0 saturated carbocycles. The van der Waals surface area contributed by atoms with Crippen LogP contribution in [0.5, 0.6) is 17.2 Å². The molecule has 0 radical (unpaired) electrons. The zero-order valence-corrected chi connectivity index (χ0v) is 16.7. The Hall–Kier alpha value is -4.12. The predicted molar refractivity (Wildman–Crippen MR) is 111 cm³/mol. The van der Waals surface area contributed by atoms with Gasteiger partial charge in [-0.15, -0.1) is 0 Å². The van der Waals surface area contributed by atoms with Crippen LogP contribution in [0.1, 0.15) is 28.3 Å². The summed E-state index contributed by atoms with van der Waals surface area (Å²) in [5, 5.41) is 18.1. The number of aromatic nitrogens is 2. The van der Waals surface area contributed by atoms with Crippen molar-refractivity contribution in [3.05, 3.63) is 81.5 Å². The van der Waals surface area contributed by atoms with Crippen molar-refractivity contribution in [1.82, 2.24) is 9.55 Å². The summed E-state index contributed by atoms with van der Waals surface area (Å²) in [5.74, 6) is -0.307. The average Bonchev–Trinajstić information content (AvgIpc) is 3.24. The minimum atomic E-state index is -0.935. The molecule has 2 aromatic heterocycles. The van der Waals surface area contributed by atoms with Gasteiger partial charge in [0.25, 0.3) is 5.56 Å². The van der Waals surface area contributed by atoms with Gasteiger partial charge in [-0.25, -0.2) is 0 Å². The van der Waals surface area contributed by atoms with E-state index in [0.29, 0.717) is 40.6 Å². The first-order chi connectivity index (χ1) is 15.1. The van der Waals surface area contributed by atoms with Crippen LogP contribution in [-0.2, 0) is 6.54 Å². The SMILES string of the molecule is Cc1cc2c(c(=O)n1Cc1cccnc1)C(c1ccc3c(c1)OCO3)C(C#N)C(=N)O2. The van der Waals surface area contributed by atoms with Crippen LogP contribution >= 0.6 is 0 Å². The lowest BCUT2D eigenvalue weighted by Gasteiger charge is -2.30. The molecule has 0 bridgehead atoms. The molecule has 31 heavy (non-hydrogen) atoms. The molecule has 3 aromatic rings. The quantitative estimate of drug-likeness (QED) is 0.706. The Kier molecular flexibility index (Phi) is 4.44. The summed E-state index contributed by atoms with van der Waals surface area (Å²) in [6.45, 7) is 2.28. The summed E-state index contributed by atoms with van der Waals surface area (Å²) in [7, 11) is 0. The predicted octanol–water partition coefficient (Wildman–Crippen LogP) is 2.97. The fourth-order valence-electron chi connectivity index (χ4n) is 4.10. The lowest BCUT2D eigenvalue weighted by molar-refractivity contribution is 0.174. The van der Waals surface area contributed by atoms with Crippen LogP contribution < -0.4 is 19.8 Å². The number of hydrogen-bond donors (Lipinski definition) is 1. The van der Waals surface area contributed by atoms with E-state index < -0.39 is 11.8 Å². The number of nitrogens with one attached hydrogen (secondary N) is 1. The van der Waals surface area contributed by atoms with E-state index in [1.54, 1.807) is 41.2 Å². The van der Waals surface area contributed by atoms with Gasteiger partial charge >= 0.3 is 0 Å². The van der Waals surface area contributed by atoms with Crippen LogP contribution in [0.2, 0.25) is 0 Å². The molecule has 2 aliphatic heterocycles. The largest absolute Gasteiger partial charge is 0.454 e. The molecule has 1 aromatic carbocycles. The van der Waals surface area contributed by atoms with Gasteiger partial charge < -0.3 is 18.8 Å². The van der Waals surface area contributed by atoms with Gasteiger partial charge in [-0.1, -0.05) is 12.1 Å². The molecule has 154 valence electrons. The van der Waals surface area contributed by atoms with E-state index in [4.69, 9.17) is 19.6 Å². The van der Waals surface area contributed by atoms with Gasteiger partial charge in [0.05, 0.1) is 18.2 Å². The van der Waals surface area contributed by atoms with Crippen LogP contribution in [0.15, 0.2) is 53.6 Å². The molecule has 0 aliphatic carbocycles. The second kappa shape index (κ2) is 7.29. The molecule has 0 saturated heterocycles. The lowest BCUT2D eigenvalue weighted by Crippen LogP contribution is -2.38. The fourth-order valence-corrected chi connectivity index (χ4v) is 4.10. The van der Waals surface area contributed by atoms with E-state index in [1.807, 2.05) is 19.1 Å². The summed E-state index contributed by atoms with van der Waals surface area (Å²) in [6, 6.07) is 12.9. The summed E-state index contributed by atoms with van der Waals surface area (Å²) in [5.41, 5.74) is 2.37. The van der Waals surface area contributed by atoms with Gasteiger partial charge in [0.15, 0.2) is 11.5 Å². The molecule has 0 amide bonds. The number of pyridine rings is 2. The maximum absolute atomic E-state index is 13.7. The zero-order chi connectivity index (χ0) is 21.5.